The van der Waals surface area contributed by atoms with Crippen LogP contribution in [-0.2, 0) is 0 Å². The van der Waals surface area contributed by atoms with Gasteiger partial charge in [-0.25, -0.2) is 9.07 Å². The summed E-state index contributed by atoms with van der Waals surface area (Å²) in [5.74, 6) is -0.644. The lowest BCUT2D eigenvalue weighted by molar-refractivity contribution is 0.0950. The number of nitrogens with one attached hydrogen (secondary N) is 2. The van der Waals surface area contributed by atoms with Gasteiger partial charge in [-0.15, -0.1) is 10.2 Å². The van der Waals surface area contributed by atoms with Crippen LogP contribution >= 0.6 is 0 Å². The Balaban J connectivity index is 1.36. The first-order valence-electron chi connectivity index (χ1n) is 10.7. The number of halogens is 1. The summed E-state index contributed by atoms with van der Waals surface area (Å²) in [5.41, 5.74) is 1.31. The molecule has 2 N–H and O–H groups in total. The normalized spacial score (nSPS) is 16.8. The van der Waals surface area contributed by atoms with Gasteiger partial charge in [-0.1, -0.05) is 12.1 Å². The van der Waals surface area contributed by atoms with E-state index in [1.54, 1.807) is 36.4 Å². The Kier molecular flexibility index (Phi) is 5.18. The van der Waals surface area contributed by atoms with Crippen LogP contribution in [0, 0.1) is 5.82 Å². The van der Waals surface area contributed by atoms with Crippen LogP contribution in [0.25, 0.3) is 27.6 Å². The molecule has 1 fully saturated rings. The van der Waals surface area contributed by atoms with Crippen molar-refractivity contribution in [2.45, 2.75) is 25.3 Å². The van der Waals surface area contributed by atoms with Crippen LogP contribution in [0.3, 0.4) is 0 Å². The van der Waals surface area contributed by atoms with E-state index in [2.05, 4.69) is 32.6 Å². The number of aromatic nitrogens is 4. The summed E-state index contributed by atoms with van der Waals surface area (Å²) >= 11 is 0. The number of carbonyl (C=O) groups excluding carboxylic acids is 1. The van der Waals surface area contributed by atoms with E-state index < -0.39 is 11.4 Å². The van der Waals surface area contributed by atoms with E-state index in [-0.39, 0.29) is 16.9 Å². The third kappa shape index (κ3) is 3.54. The first kappa shape index (κ1) is 20.3. The van der Waals surface area contributed by atoms with Gasteiger partial charge in [0.2, 0.25) is 0 Å². The van der Waals surface area contributed by atoms with Gasteiger partial charge < -0.3 is 10.2 Å². The maximum Gasteiger partial charge on any atom is 0.299 e. The molecule has 0 radical (unpaired) electrons. The van der Waals surface area contributed by atoms with Crippen LogP contribution < -0.4 is 10.9 Å². The second-order valence-corrected chi connectivity index (χ2v) is 8.18. The van der Waals surface area contributed by atoms with Crippen molar-refractivity contribution in [3.8, 4) is 5.69 Å². The second-order valence-electron chi connectivity index (χ2n) is 8.18. The molecule has 0 aliphatic carbocycles. The van der Waals surface area contributed by atoms with E-state index in [1.807, 2.05) is 0 Å². The minimum Gasteiger partial charge on any atom is -0.352 e. The van der Waals surface area contributed by atoms with Crippen LogP contribution in [0.15, 0.2) is 47.3 Å². The number of benzene rings is 2. The highest BCUT2D eigenvalue weighted by molar-refractivity contribution is 6.01. The van der Waals surface area contributed by atoms with Gasteiger partial charge in [0.15, 0.2) is 11.3 Å². The van der Waals surface area contributed by atoms with Crippen LogP contribution in [0.4, 0.5) is 4.39 Å². The molecule has 2 aromatic heterocycles. The molecule has 0 bridgehead atoms. The van der Waals surface area contributed by atoms with Gasteiger partial charge in [0.1, 0.15) is 5.52 Å². The Morgan fingerprint density at radius 2 is 1.97 bits per heavy atom. The predicted octanol–water partition coefficient (Wildman–Crippen LogP) is 2.62. The smallest absolute Gasteiger partial charge is 0.299 e. The summed E-state index contributed by atoms with van der Waals surface area (Å²) in [7, 11) is 2.12. The molecule has 1 unspecified atom stereocenters. The average Bonchev–Trinajstić information content (AvgIpc) is 3.37. The first-order chi connectivity index (χ1) is 15.5. The molecule has 5 rings (SSSR count). The Morgan fingerprint density at radius 3 is 2.72 bits per heavy atom. The molecule has 1 saturated heterocycles. The summed E-state index contributed by atoms with van der Waals surface area (Å²) in [5, 5.41) is 14.2. The highest BCUT2D eigenvalue weighted by atomic mass is 19.1. The maximum absolute atomic E-state index is 14.0. The van der Waals surface area contributed by atoms with E-state index >= 15 is 0 Å². The molecule has 4 aromatic rings. The summed E-state index contributed by atoms with van der Waals surface area (Å²) in [6.07, 6.45) is 3.31. The zero-order chi connectivity index (χ0) is 22.2. The van der Waals surface area contributed by atoms with Crippen molar-refractivity contribution >= 4 is 27.8 Å². The van der Waals surface area contributed by atoms with Crippen molar-refractivity contribution in [3.63, 3.8) is 0 Å². The monoisotopic (exact) mass is 434 g/mol. The van der Waals surface area contributed by atoms with Crippen LogP contribution in [0.5, 0.6) is 0 Å². The van der Waals surface area contributed by atoms with Crippen LogP contribution in [0.2, 0.25) is 0 Å². The van der Waals surface area contributed by atoms with Gasteiger partial charge in [-0.2, -0.15) is 0 Å². The van der Waals surface area contributed by atoms with Crippen LogP contribution in [0.1, 0.15) is 29.6 Å². The number of nitrogens with zero attached hydrogens (tertiary/aromatic N) is 4. The standard InChI is InChI=1S/C23H23FN6O2/c1-29-13-3-4-15(29)11-12-25-22(31)14-7-9-16(10-8-14)30-23(32)21-20(28-30)17-5-2-6-18(24)19(17)26-27-21/h2,5-10,15,28H,3-4,11-13H2,1H3,(H,25,31). The van der Waals surface area contributed by atoms with E-state index in [9.17, 15) is 14.0 Å². The molecular formula is C23H23FN6O2. The van der Waals surface area contributed by atoms with Crippen molar-refractivity contribution in [2.75, 3.05) is 20.1 Å². The molecule has 1 aliphatic rings. The fraction of sp³-hybridized carbons (Fsp3) is 0.304. The van der Waals surface area contributed by atoms with Crippen LogP contribution in [-0.4, -0.2) is 57.0 Å². The summed E-state index contributed by atoms with van der Waals surface area (Å²) in [6.45, 7) is 1.74. The number of hydrogen-bond acceptors (Lipinski definition) is 5. The van der Waals surface area contributed by atoms with Gasteiger partial charge in [0, 0.05) is 23.5 Å². The molecule has 1 amide bonds. The lowest BCUT2D eigenvalue weighted by atomic mass is 10.1. The number of carbonyl (C=O) groups is 1. The number of aromatic amines is 1. The highest BCUT2D eigenvalue weighted by Gasteiger charge is 2.20. The van der Waals surface area contributed by atoms with E-state index in [4.69, 9.17) is 0 Å². The van der Waals surface area contributed by atoms with E-state index in [1.165, 1.54) is 23.6 Å². The topological polar surface area (TPSA) is 95.9 Å². The molecule has 32 heavy (non-hydrogen) atoms. The minimum absolute atomic E-state index is 0.101. The van der Waals surface area contributed by atoms with Gasteiger partial charge >= 0.3 is 0 Å². The quantitative estimate of drug-likeness (QED) is 0.503. The third-order valence-corrected chi connectivity index (χ3v) is 6.19. The summed E-state index contributed by atoms with van der Waals surface area (Å²) in [4.78, 5) is 27.6. The molecule has 8 nitrogen and oxygen atoms in total. The van der Waals surface area contributed by atoms with Crippen molar-refractivity contribution in [1.29, 1.82) is 0 Å². The zero-order valence-corrected chi connectivity index (χ0v) is 17.6. The van der Waals surface area contributed by atoms with E-state index in [0.29, 0.717) is 34.7 Å². The Labute approximate surface area is 183 Å². The van der Waals surface area contributed by atoms with Crippen molar-refractivity contribution in [3.05, 3.63) is 64.2 Å². The zero-order valence-electron chi connectivity index (χ0n) is 17.6. The number of fused-ring (bicyclic) bond motifs is 3. The molecule has 1 atom stereocenters. The lowest BCUT2D eigenvalue weighted by Crippen LogP contribution is -2.31. The Bertz CT molecular complexity index is 1360. The van der Waals surface area contributed by atoms with Crippen molar-refractivity contribution < 1.29 is 9.18 Å². The number of likely N-dealkylation sites (tertiary alicyclic amines) is 1. The fourth-order valence-electron chi connectivity index (χ4n) is 4.37. The number of amides is 1. The second kappa shape index (κ2) is 8.16. The molecule has 1 aliphatic heterocycles. The highest BCUT2D eigenvalue weighted by Crippen LogP contribution is 2.21. The van der Waals surface area contributed by atoms with Gasteiger partial charge in [0.05, 0.1) is 11.2 Å². The average molecular weight is 434 g/mol. The Hall–Kier alpha value is -3.59. The molecule has 2 aromatic carbocycles. The lowest BCUT2D eigenvalue weighted by Gasteiger charge is -2.19. The fourth-order valence-corrected chi connectivity index (χ4v) is 4.37. The molecule has 164 valence electrons. The number of H-pyrrole nitrogens is 1. The number of rotatable bonds is 5. The third-order valence-electron chi connectivity index (χ3n) is 6.19. The van der Waals surface area contributed by atoms with Gasteiger partial charge in [-0.05, 0) is 63.2 Å². The maximum atomic E-state index is 14.0. The number of hydrogen-bond donors (Lipinski definition) is 2. The molecule has 0 spiro atoms. The Morgan fingerprint density at radius 1 is 1.19 bits per heavy atom. The molecule has 0 saturated carbocycles. The van der Waals surface area contributed by atoms with Crippen molar-refractivity contribution in [2.24, 2.45) is 0 Å². The summed E-state index contributed by atoms with van der Waals surface area (Å²) < 4.78 is 15.3. The largest absolute Gasteiger partial charge is 0.352 e. The minimum atomic E-state index is -0.500. The molecule has 9 heteroatoms. The van der Waals surface area contributed by atoms with Gasteiger partial charge in [-0.3, -0.25) is 14.7 Å². The summed E-state index contributed by atoms with van der Waals surface area (Å²) in [6, 6.07) is 11.8. The van der Waals surface area contributed by atoms with Gasteiger partial charge in [0.25, 0.3) is 11.5 Å². The predicted molar refractivity (Wildman–Crippen MR) is 120 cm³/mol. The molecular weight excluding hydrogens is 411 g/mol. The SMILES string of the molecule is CN1CCCC1CCNC(=O)c1ccc(-n2[nH]c3c(nnc4c(F)cccc43)c2=O)cc1. The van der Waals surface area contributed by atoms with E-state index in [0.717, 1.165) is 13.0 Å². The molecule has 3 heterocycles. The van der Waals surface area contributed by atoms with Crippen molar-refractivity contribution in [1.82, 2.24) is 30.2 Å². The first-order valence-corrected chi connectivity index (χ1v) is 10.7.